The van der Waals surface area contributed by atoms with Gasteiger partial charge in [-0.3, -0.25) is 13.9 Å². The molecule has 0 spiro atoms. The second kappa shape index (κ2) is 9.75. The van der Waals surface area contributed by atoms with Gasteiger partial charge < -0.3 is 14.4 Å². The van der Waals surface area contributed by atoms with Crippen LogP contribution in [0.1, 0.15) is 11.1 Å². The lowest BCUT2D eigenvalue weighted by molar-refractivity contribution is 0.0938. The second-order valence-electron chi connectivity index (χ2n) is 7.98. The van der Waals surface area contributed by atoms with Crippen LogP contribution in [0.5, 0.6) is 5.75 Å². The summed E-state index contributed by atoms with van der Waals surface area (Å²) in [5, 5.41) is 14.9. The molecule has 0 saturated heterocycles. The molecule has 10 nitrogen and oxygen atoms in total. The molecular weight excluding hydrogens is 436 g/mol. The molecule has 2 heterocycles. The lowest BCUT2D eigenvalue weighted by Crippen LogP contribution is -2.38. The normalized spacial score (nSPS) is 12.4. The summed E-state index contributed by atoms with van der Waals surface area (Å²) in [5.74, 6) is 0.840. The van der Waals surface area contributed by atoms with Gasteiger partial charge in [0, 0.05) is 14.1 Å². The molecule has 0 aliphatic heterocycles. The number of aliphatic hydroxyl groups excluding tert-OH is 1. The molecule has 0 radical (unpaired) electrons. The standard InChI is InChI=1S/C24H26N6O4/c1-16-9-11-17(12-10-16)13-25-27-23-26-21-20(22(32)29(3)24(33)28(21)2)30(23)14-18(31)15-34-19-7-5-4-6-8-19/h4-13,18,31H,14-15H2,1-3H3,(H,26,27). The number of nitrogens with zero attached hydrogens (tertiary/aromatic N) is 5. The minimum atomic E-state index is -0.957. The van der Waals surface area contributed by atoms with Crippen molar-refractivity contribution >= 4 is 23.3 Å². The zero-order valence-electron chi connectivity index (χ0n) is 19.2. The first kappa shape index (κ1) is 23.0. The van der Waals surface area contributed by atoms with Gasteiger partial charge in [0.1, 0.15) is 18.5 Å². The maximum atomic E-state index is 12.9. The molecular formula is C24H26N6O4. The number of rotatable bonds is 8. The number of aromatic nitrogens is 4. The SMILES string of the molecule is Cc1ccc(C=NNc2nc3c(c(=O)n(C)c(=O)n3C)n2CC(O)COc2ccccc2)cc1. The number of fused-ring (bicyclic) bond motifs is 1. The van der Waals surface area contributed by atoms with E-state index in [-0.39, 0.29) is 30.3 Å². The number of hydrogen-bond acceptors (Lipinski definition) is 7. The van der Waals surface area contributed by atoms with Crippen LogP contribution in [0.3, 0.4) is 0 Å². The zero-order valence-corrected chi connectivity index (χ0v) is 19.2. The molecule has 4 aromatic rings. The monoisotopic (exact) mass is 462 g/mol. The number of para-hydroxylation sites is 1. The molecule has 0 amide bonds. The summed E-state index contributed by atoms with van der Waals surface area (Å²) in [6, 6.07) is 16.9. The molecule has 10 heteroatoms. The van der Waals surface area contributed by atoms with Gasteiger partial charge in [0.15, 0.2) is 11.2 Å². The van der Waals surface area contributed by atoms with Crippen LogP contribution in [0.25, 0.3) is 11.2 Å². The Morgan fingerprint density at radius 1 is 1.09 bits per heavy atom. The van der Waals surface area contributed by atoms with E-state index in [0.29, 0.717) is 5.75 Å². The summed E-state index contributed by atoms with van der Waals surface area (Å²) in [6.45, 7) is 2.00. The first-order valence-corrected chi connectivity index (χ1v) is 10.7. The Kier molecular flexibility index (Phi) is 6.60. The highest BCUT2D eigenvalue weighted by Crippen LogP contribution is 2.17. The lowest BCUT2D eigenvalue weighted by atomic mass is 10.2. The number of benzene rings is 2. The van der Waals surface area contributed by atoms with Gasteiger partial charge in [0.25, 0.3) is 5.56 Å². The maximum Gasteiger partial charge on any atom is 0.332 e. The number of imidazole rings is 1. The molecule has 4 rings (SSSR count). The van der Waals surface area contributed by atoms with Crippen molar-refractivity contribution in [3.05, 3.63) is 86.6 Å². The van der Waals surface area contributed by atoms with Crippen molar-refractivity contribution in [2.75, 3.05) is 12.0 Å². The van der Waals surface area contributed by atoms with Crippen LogP contribution in [0.15, 0.2) is 69.3 Å². The number of hydrogen-bond donors (Lipinski definition) is 2. The van der Waals surface area contributed by atoms with Crippen LogP contribution in [-0.2, 0) is 20.6 Å². The average molecular weight is 463 g/mol. The van der Waals surface area contributed by atoms with Gasteiger partial charge in [-0.15, -0.1) is 0 Å². The van der Waals surface area contributed by atoms with Gasteiger partial charge in [-0.2, -0.15) is 10.1 Å². The van der Waals surface area contributed by atoms with Crippen LogP contribution in [-0.4, -0.2) is 42.7 Å². The molecule has 1 unspecified atom stereocenters. The van der Waals surface area contributed by atoms with Crippen LogP contribution >= 0.6 is 0 Å². The third-order valence-corrected chi connectivity index (χ3v) is 5.38. The maximum absolute atomic E-state index is 12.9. The van der Waals surface area contributed by atoms with Crippen molar-refractivity contribution in [3.63, 3.8) is 0 Å². The van der Waals surface area contributed by atoms with Crippen molar-refractivity contribution < 1.29 is 9.84 Å². The van der Waals surface area contributed by atoms with Gasteiger partial charge in [-0.1, -0.05) is 48.0 Å². The third-order valence-electron chi connectivity index (χ3n) is 5.38. The molecule has 0 aliphatic rings. The topological polar surface area (TPSA) is 116 Å². The Morgan fingerprint density at radius 2 is 1.79 bits per heavy atom. The Hall–Kier alpha value is -4.18. The highest BCUT2D eigenvalue weighted by atomic mass is 16.5. The number of nitrogens with one attached hydrogen (secondary N) is 1. The van der Waals surface area contributed by atoms with Gasteiger partial charge in [-0.05, 0) is 24.6 Å². The van der Waals surface area contributed by atoms with E-state index >= 15 is 0 Å². The number of aryl methyl sites for hydroxylation is 2. The average Bonchev–Trinajstić information content (AvgIpc) is 3.20. The summed E-state index contributed by atoms with van der Waals surface area (Å²) in [6.07, 6.45) is 0.663. The van der Waals surface area contributed by atoms with E-state index in [0.717, 1.165) is 15.7 Å². The summed E-state index contributed by atoms with van der Waals surface area (Å²) >= 11 is 0. The summed E-state index contributed by atoms with van der Waals surface area (Å²) in [7, 11) is 2.94. The summed E-state index contributed by atoms with van der Waals surface area (Å²) < 4.78 is 9.45. The van der Waals surface area contributed by atoms with Crippen LogP contribution in [0.4, 0.5) is 5.95 Å². The summed E-state index contributed by atoms with van der Waals surface area (Å²) in [4.78, 5) is 29.7. The van der Waals surface area contributed by atoms with Crippen molar-refractivity contribution in [1.82, 2.24) is 18.7 Å². The predicted octanol–water partition coefficient (Wildman–Crippen LogP) is 1.63. The number of hydrazone groups is 1. The highest BCUT2D eigenvalue weighted by Gasteiger charge is 2.21. The second-order valence-corrected chi connectivity index (χ2v) is 7.98. The lowest BCUT2D eigenvalue weighted by Gasteiger charge is -2.15. The number of anilines is 1. The summed E-state index contributed by atoms with van der Waals surface area (Å²) in [5.41, 5.74) is 4.21. The molecule has 34 heavy (non-hydrogen) atoms. The first-order chi connectivity index (χ1) is 16.3. The molecule has 0 saturated carbocycles. The fourth-order valence-electron chi connectivity index (χ4n) is 3.50. The van der Waals surface area contributed by atoms with E-state index in [1.165, 1.54) is 23.2 Å². The minimum Gasteiger partial charge on any atom is -0.491 e. The van der Waals surface area contributed by atoms with Crippen molar-refractivity contribution in [2.45, 2.75) is 19.6 Å². The van der Waals surface area contributed by atoms with Crippen molar-refractivity contribution in [2.24, 2.45) is 19.2 Å². The smallest absolute Gasteiger partial charge is 0.332 e. The molecule has 1 atom stereocenters. The highest BCUT2D eigenvalue weighted by molar-refractivity contribution is 5.80. The van der Waals surface area contributed by atoms with E-state index in [1.54, 1.807) is 18.3 Å². The van der Waals surface area contributed by atoms with Crippen molar-refractivity contribution in [1.29, 1.82) is 0 Å². The predicted molar refractivity (Wildman–Crippen MR) is 131 cm³/mol. The molecule has 2 N–H and O–H groups in total. The van der Waals surface area contributed by atoms with E-state index < -0.39 is 17.4 Å². The van der Waals surface area contributed by atoms with E-state index in [4.69, 9.17) is 4.74 Å². The molecule has 0 bridgehead atoms. The van der Waals surface area contributed by atoms with Crippen LogP contribution in [0.2, 0.25) is 0 Å². The minimum absolute atomic E-state index is 0.000831. The first-order valence-electron chi connectivity index (χ1n) is 10.7. The Bertz CT molecular complexity index is 1440. The largest absolute Gasteiger partial charge is 0.491 e. The molecule has 176 valence electrons. The van der Waals surface area contributed by atoms with Crippen LogP contribution < -0.4 is 21.4 Å². The Morgan fingerprint density at radius 3 is 2.50 bits per heavy atom. The van der Waals surface area contributed by atoms with Gasteiger partial charge >= 0.3 is 5.69 Å². The van der Waals surface area contributed by atoms with E-state index in [9.17, 15) is 14.7 Å². The third kappa shape index (κ3) is 4.76. The van der Waals surface area contributed by atoms with Gasteiger partial charge in [0.2, 0.25) is 5.95 Å². The Balaban J connectivity index is 1.66. The molecule has 2 aromatic heterocycles. The number of ether oxygens (including phenoxy) is 1. The fourth-order valence-corrected chi connectivity index (χ4v) is 3.50. The number of aliphatic hydroxyl groups is 1. The Labute approximate surface area is 195 Å². The van der Waals surface area contributed by atoms with Crippen molar-refractivity contribution in [3.8, 4) is 5.75 Å². The van der Waals surface area contributed by atoms with E-state index in [1.807, 2.05) is 49.4 Å². The molecule has 0 fully saturated rings. The van der Waals surface area contributed by atoms with Crippen LogP contribution in [0, 0.1) is 6.92 Å². The van der Waals surface area contributed by atoms with E-state index in [2.05, 4.69) is 15.5 Å². The zero-order chi connectivity index (χ0) is 24.2. The molecule has 0 aliphatic carbocycles. The fraction of sp³-hybridized carbons (Fsp3) is 0.250. The molecule has 2 aromatic carbocycles. The van der Waals surface area contributed by atoms with Gasteiger partial charge in [0.05, 0.1) is 12.8 Å². The quantitative estimate of drug-likeness (QED) is 0.304. The van der Waals surface area contributed by atoms with Gasteiger partial charge in [-0.25, -0.2) is 10.2 Å².